The van der Waals surface area contributed by atoms with Gasteiger partial charge in [-0.3, -0.25) is 0 Å². The normalized spacial score (nSPS) is 17.4. The van der Waals surface area contributed by atoms with Crippen molar-refractivity contribution < 1.29 is 9.84 Å². The van der Waals surface area contributed by atoms with Crippen LogP contribution in [0, 0.1) is 0 Å². The molecule has 2 atom stereocenters. The van der Waals surface area contributed by atoms with Crippen LogP contribution in [0.25, 0.3) is 0 Å². The van der Waals surface area contributed by atoms with E-state index < -0.39 is 5.60 Å². The van der Waals surface area contributed by atoms with Gasteiger partial charge in [0.15, 0.2) is 0 Å². The lowest BCUT2D eigenvalue weighted by atomic mass is 9.90. The van der Waals surface area contributed by atoms with Crippen molar-refractivity contribution in [3.05, 3.63) is 35.9 Å². The Kier molecular flexibility index (Phi) is 3.67. The van der Waals surface area contributed by atoms with Gasteiger partial charge in [0.05, 0.1) is 11.7 Å². The van der Waals surface area contributed by atoms with Crippen LogP contribution in [0.2, 0.25) is 0 Å². The van der Waals surface area contributed by atoms with Crippen molar-refractivity contribution in [2.24, 2.45) is 0 Å². The Morgan fingerprint density at radius 3 is 2.36 bits per heavy atom. The first kappa shape index (κ1) is 11.2. The molecule has 0 radical (unpaired) electrons. The molecular formula is C12H18O2. The van der Waals surface area contributed by atoms with Crippen molar-refractivity contribution >= 4 is 0 Å². The molecule has 1 aromatic rings. The maximum Gasteiger partial charge on any atom is 0.0924 e. The van der Waals surface area contributed by atoms with Crippen LogP contribution >= 0.6 is 0 Å². The van der Waals surface area contributed by atoms with Gasteiger partial charge in [0.2, 0.25) is 0 Å². The number of rotatable bonds is 4. The number of aliphatic hydroxyl groups excluding tert-OH is 1. The van der Waals surface area contributed by atoms with E-state index in [9.17, 15) is 5.11 Å². The van der Waals surface area contributed by atoms with Gasteiger partial charge in [0, 0.05) is 13.5 Å². The largest absolute Gasteiger partial charge is 0.393 e. The van der Waals surface area contributed by atoms with Gasteiger partial charge in [-0.25, -0.2) is 0 Å². The highest BCUT2D eigenvalue weighted by atomic mass is 16.5. The molecule has 78 valence electrons. The highest BCUT2D eigenvalue weighted by Gasteiger charge is 2.27. The fourth-order valence-electron chi connectivity index (χ4n) is 1.67. The van der Waals surface area contributed by atoms with Crippen LogP contribution in [0.5, 0.6) is 0 Å². The zero-order valence-corrected chi connectivity index (χ0v) is 9.03. The van der Waals surface area contributed by atoms with Gasteiger partial charge in [0.1, 0.15) is 0 Å². The van der Waals surface area contributed by atoms with Crippen molar-refractivity contribution in [2.45, 2.75) is 32.0 Å². The molecule has 0 aliphatic carbocycles. The molecule has 0 aromatic heterocycles. The van der Waals surface area contributed by atoms with Crippen LogP contribution < -0.4 is 0 Å². The maximum absolute atomic E-state index is 9.40. The molecule has 0 saturated carbocycles. The van der Waals surface area contributed by atoms with Gasteiger partial charge < -0.3 is 9.84 Å². The molecule has 1 N–H and O–H groups in total. The molecule has 0 aliphatic heterocycles. The first-order valence-electron chi connectivity index (χ1n) is 4.87. The zero-order valence-electron chi connectivity index (χ0n) is 9.03. The van der Waals surface area contributed by atoms with Gasteiger partial charge in [-0.2, -0.15) is 0 Å². The summed E-state index contributed by atoms with van der Waals surface area (Å²) in [5.74, 6) is 0. The molecule has 0 amide bonds. The third-order valence-electron chi connectivity index (χ3n) is 2.52. The smallest absolute Gasteiger partial charge is 0.0924 e. The third kappa shape index (κ3) is 2.56. The van der Waals surface area contributed by atoms with Crippen molar-refractivity contribution in [3.8, 4) is 0 Å². The first-order valence-corrected chi connectivity index (χ1v) is 4.87. The Balaban J connectivity index is 2.90. The molecule has 2 heteroatoms. The average Bonchev–Trinajstić information content (AvgIpc) is 2.18. The molecule has 0 fully saturated rings. The average molecular weight is 194 g/mol. The number of methoxy groups -OCH3 is 1. The highest BCUT2D eigenvalue weighted by molar-refractivity contribution is 5.21. The minimum Gasteiger partial charge on any atom is -0.393 e. The van der Waals surface area contributed by atoms with E-state index >= 15 is 0 Å². The van der Waals surface area contributed by atoms with E-state index in [1.165, 1.54) is 0 Å². The van der Waals surface area contributed by atoms with Crippen molar-refractivity contribution in [3.63, 3.8) is 0 Å². The molecule has 0 heterocycles. The quantitative estimate of drug-likeness (QED) is 0.797. The van der Waals surface area contributed by atoms with Crippen LogP contribution in [0.15, 0.2) is 30.3 Å². The molecule has 0 aliphatic rings. The van der Waals surface area contributed by atoms with E-state index in [1.54, 1.807) is 14.0 Å². The number of hydrogen-bond acceptors (Lipinski definition) is 2. The predicted octanol–water partition coefficient (Wildman–Crippen LogP) is 2.32. The molecule has 1 aromatic carbocycles. The van der Waals surface area contributed by atoms with E-state index in [1.807, 2.05) is 37.3 Å². The Hall–Kier alpha value is -0.860. The topological polar surface area (TPSA) is 29.5 Å². The molecule has 2 unspecified atom stereocenters. The maximum atomic E-state index is 9.40. The summed E-state index contributed by atoms with van der Waals surface area (Å²) in [4.78, 5) is 0. The van der Waals surface area contributed by atoms with Crippen molar-refractivity contribution in [2.75, 3.05) is 7.11 Å². The van der Waals surface area contributed by atoms with E-state index in [0.29, 0.717) is 6.42 Å². The summed E-state index contributed by atoms with van der Waals surface area (Å²) in [6, 6.07) is 9.98. The molecule has 0 bridgehead atoms. The van der Waals surface area contributed by atoms with Crippen LogP contribution in [0.4, 0.5) is 0 Å². The Morgan fingerprint density at radius 2 is 1.93 bits per heavy atom. The minimum absolute atomic E-state index is 0.361. The summed E-state index contributed by atoms with van der Waals surface area (Å²) in [5, 5.41) is 9.40. The second-order valence-corrected chi connectivity index (χ2v) is 3.85. The summed E-state index contributed by atoms with van der Waals surface area (Å²) in [6.07, 6.45) is 0.244. The fourth-order valence-corrected chi connectivity index (χ4v) is 1.67. The van der Waals surface area contributed by atoms with Crippen LogP contribution in [0.3, 0.4) is 0 Å². The van der Waals surface area contributed by atoms with E-state index in [4.69, 9.17) is 4.74 Å². The van der Waals surface area contributed by atoms with Gasteiger partial charge in [-0.15, -0.1) is 0 Å². The van der Waals surface area contributed by atoms with E-state index in [2.05, 4.69) is 0 Å². The fraction of sp³-hybridized carbons (Fsp3) is 0.500. The number of benzene rings is 1. The predicted molar refractivity (Wildman–Crippen MR) is 57.1 cm³/mol. The lowest BCUT2D eigenvalue weighted by Crippen LogP contribution is -2.28. The lowest BCUT2D eigenvalue weighted by Gasteiger charge is -2.29. The monoisotopic (exact) mass is 194 g/mol. The molecular weight excluding hydrogens is 176 g/mol. The van der Waals surface area contributed by atoms with Crippen LogP contribution in [0.1, 0.15) is 25.8 Å². The third-order valence-corrected chi connectivity index (χ3v) is 2.52. The highest BCUT2D eigenvalue weighted by Crippen LogP contribution is 2.29. The second-order valence-electron chi connectivity index (χ2n) is 3.85. The number of hydrogen-bond donors (Lipinski definition) is 1. The van der Waals surface area contributed by atoms with Gasteiger partial charge >= 0.3 is 0 Å². The summed E-state index contributed by atoms with van der Waals surface area (Å²) < 4.78 is 5.47. The van der Waals surface area contributed by atoms with Crippen LogP contribution in [-0.4, -0.2) is 18.3 Å². The molecule has 0 spiro atoms. The molecule has 2 nitrogen and oxygen atoms in total. The Bertz CT molecular complexity index is 269. The summed E-state index contributed by atoms with van der Waals surface area (Å²) >= 11 is 0. The Morgan fingerprint density at radius 1 is 1.36 bits per heavy atom. The lowest BCUT2D eigenvalue weighted by molar-refractivity contribution is -0.0341. The van der Waals surface area contributed by atoms with E-state index in [-0.39, 0.29) is 6.10 Å². The zero-order chi connectivity index (χ0) is 10.6. The van der Waals surface area contributed by atoms with Crippen molar-refractivity contribution in [1.82, 2.24) is 0 Å². The second kappa shape index (κ2) is 4.58. The van der Waals surface area contributed by atoms with Gasteiger partial charge in [-0.1, -0.05) is 30.3 Å². The molecule has 0 saturated heterocycles. The molecule has 14 heavy (non-hydrogen) atoms. The SMILES string of the molecule is COC(C)(CC(C)O)c1ccccc1. The first-order chi connectivity index (χ1) is 6.58. The minimum atomic E-state index is -0.393. The van der Waals surface area contributed by atoms with Crippen molar-refractivity contribution in [1.29, 1.82) is 0 Å². The Labute approximate surface area is 85.5 Å². The standard InChI is InChI=1S/C12H18O2/c1-10(13)9-12(2,14-3)11-7-5-4-6-8-11/h4-8,10,13H,9H2,1-3H3. The van der Waals surface area contributed by atoms with E-state index in [0.717, 1.165) is 5.56 Å². The number of ether oxygens (including phenoxy) is 1. The summed E-state index contributed by atoms with van der Waals surface area (Å²) in [7, 11) is 1.68. The molecule has 1 rings (SSSR count). The summed E-state index contributed by atoms with van der Waals surface area (Å²) in [5.41, 5.74) is 0.707. The summed E-state index contributed by atoms with van der Waals surface area (Å²) in [6.45, 7) is 3.77. The van der Waals surface area contributed by atoms with Crippen LogP contribution in [-0.2, 0) is 10.3 Å². The van der Waals surface area contributed by atoms with Gasteiger partial charge in [0.25, 0.3) is 0 Å². The number of aliphatic hydroxyl groups is 1. The van der Waals surface area contributed by atoms with Gasteiger partial charge in [-0.05, 0) is 19.4 Å².